The third-order valence-electron chi connectivity index (χ3n) is 4.39. The smallest absolute Gasteiger partial charge is 0.252 e. The molecule has 0 radical (unpaired) electrons. The number of hydrogen-bond acceptors (Lipinski definition) is 5. The van der Waals surface area contributed by atoms with Crippen molar-refractivity contribution in [2.75, 3.05) is 0 Å². The number of carbonyl (C=O) groups is 1. The summed E-state index contributed by atoms with van der Waals surface area (Å²) in [4.78, 5) is 25.0. The molecule has 4 rings (SSSR count). The summed E-state index contributed by atoms with van der Waals surface area (Å²) < 4.78 is 1.51. The molecule has 1 fully saturated rings. The topological polar surface area (TPSA) is 85.6 Å². The van der Waals surface area contributed by atoms with Crippen molar-refractivity contribution in [2.24, 2.45) is 11.8 Å². The highest BCUT2D eigenvalue weighted by Crippen LogP contribution is 2.43. The van der Waals surface area contributed by atoms with Crippen LogP contribution in [-0.4, -0.2) is 30.6 Å². The third-order valence-corrected chi connectivity index (χ3v) is 4.66. The molecule has 0 bridgehead atoms. The highest BCUT2D eigenvalue weighted by atomic mass is 35.5. The zero-order chi connectivity index (χ0) is 17.2. The van der Waals surface area contributed by atoms with E-state index < -0.39 is 0 Å². The molecule has 7 nitrogen and oxygen atoms in total. The predicted octanol–water partition coefficient (Wildman–Crippen LogP) is 2.15. The van der Waals surface area contributed by atoms with Crippen LogP contribution in [0.5, 0.6) is 0 Å². The van der Waals surface area contributed by atoms with Gasteiger partial charge in [-0.15, -0.1) is 0 Å². The van der Waals surface area contributed by atoms with Crippen molar-refractivity contribution in [1.82, 2.24) is 30.0 Å². The van der Waals surface area contributed by atoms with E-state index in [4.69, 9.17) is 11.6 Å². The molecule has 2 aliphatic rings. The lowest BCUT2D eigenvalue weighted by Crippen LogP contribution is -2.27. The van der Waals surface area contributed by atoms with Crippen molar-refractivity contribution < 1.29 is 4.79 Å². The number of hydrogen-bond donors (Lipinski definition) is 1. The van der Waals surface area contributed by atoms with Crippen LogP contribution in [0, 0.1) is 11.8 Å². The van der Waals surface area contributed by atoms with E-state index in [1.165, 1.54) is 23.9 Å². The lowest BCUT2D eigenvalue weighted by molar-refractivity contribution is -0.117. The van der Waals surface area contributed by atoms with Crippen LogP contribution in [0.15, 0.2) is 47.5 Å². The Morgan fingerprint density at radius 2 is 2.08 bits per heavy atom. The SMILES string of the molecule is O=C(NCc1ncnn1-c1ncccn1)C1=CC(C2CC2)CC(Cl)=C1. The molecule has 1 atom stereocenters. The van der Waals surface area contributed by atoms with Gasteiger partial charge in [-0.3, -0.25) is 4.79 Å². The Labute approximate surface area is 149 Å². The third kappa shape index (κ3) is 3.61. The van der Waals surface area contributed by atoms with E-state index in [2.05, 4.69) is 25.4 Å². The average molecular weight is 357 g/mol. The van der Waals surface area contributed by atoms with E-state index in [0.717, 1.165) is 11.5 Å². The second-order valence-corrected chi connectivity index (χ2v) is 6.72. The number of rotatable bonds is 5. The Bertz CT molecular complexity index is 840. The summed E-state index contributed by atoms with van der Waals surface area (Å²) in [7, 11) is 0. The van der Waals surface area contributed by atoms with E-state index in [-0.39, 0.29) is 12.5 Å². The Balaban J connectivity index is 1.45. The zero-order valence-corrected chi connectivity index (χ0v) is 14.2. The Morgan fingerprint density at radius 1 is 1.28 bits per heavy atom. The van der Waals surface area contributed by atoms with Crippen molar-refractivity contribution >= 4 is 17.5 Å². The highest BCUT2D eigenvalue weighted by molar-refractivity contribution is 6.30. The summed E-state index contributed by atoms with van der Waals surface area (Å²) in [5.41, 5.74) is 0.621. The lowest BCUT2D eigenvalue weighted by atomic mass is 9.91. The maximum atomic E-state index is 12.5. The van der Waals surface area contributed by atoms with Crippen LogP contribution in [0.4, 0.5) is 0 Å². The molecule has 2 heterocycles. The molecule has 25 heavy (non-hydrogen) atoms. The van der Waals surface area contributed by atoms with Gasteiger partial charge in [0.2, 0.25) is 0 Å². The van der Waals surface area contributed by atoms with Gasteiger partial charge in [-0.05, 0) is 43.2 Å². The number of nitrogens with one attached hydrogen (secondary N) is 1. The molecule has 0 spiro atoms. The van der Waals surface area contributed by atoms with Crippen LogP contribution < -0.4 is 5.32 Å². The maximum Gasteiger partial charge on any atom is 0.252 e. The molecule has 1 saturated carbocycles. The lowest BCUT2D eigenvalue weighted by Gasteiger charge is -2.18. The molecule has 2 aromatic heterocycles. The quantitative estimate of drug-likeness (QED) is 0.887. The van der Waals surface area contributed by atoms with E-state index in [9.17, 15) is 4.79 Å². The van der Waals surface area contributed by atoms with Crippen molar-refractivity contribution in [3.8, 4) is 5.95 Å². The van der Waals surface area contributed by atoms with E-state index in [1.807, 2.05) is 6.08 Å². The van der Waals surface area contributed by atoms with E-state index in [0.29, 0.717) is 29.2 Å². The van der Waals surface area contributed by atoms with Crippen LogP contribution in [0.3, 0.4) is 0 Å². The van der Waals surface area contributed by atoms with Gasteiger partial charge in [0, 0.05) is 23.0 Å². The molecule has 0 saturated heterocycles. The minimum absolute atomic E-state index is 0.160. The molecule has 8 heteroatoms. The van der Waals surface area contributed by atoms with Crippen molar-refractivity contribution in [1.29, 1.82) is 0 Å². The molecule has 1 amide bonds. The fourth-order valence-corrected chi connectivity index (χ4v) is 3.27. The molecule has 0 aliphatic heterocycles. The van der Waals surface area contributed by atoms with Gasteiger partial charge in [-0.25, -0.2) is 15.0 Å². The van der Waals surface area contributed by atoms with Crippen LogP contribution in [0.1, 0.15) is 25.1 Å². The first kappa shape index (κ1) is 16.0. The molecule has 1 N–H and O–H groups in total. The van der Waals surface area contributed by atoms with Crippen molar-refractivity contribution in [2.45, 2.75) is 25.8 Å². The largest absolute Gasteiger partial charge is 0.345 e. The van der Waals surface area contributed by atoms with Crippen LogP contribution in [0.2, 0.25) is 0 Å². The van der Waals surface area contributed by atoms with Crippen LogP contribution >= 0.6 is 11.6 Å². The summed E-state index contributed by atoms with van der Waals surface area (Å²) in [6.07, 6.45) is 11.7. The first-order chi connectivity index (χ1) is 12.2. The number of amides is 1. The number of halogens is 1. The van der Waals surface area contributed by atoms with E-state index >= 15 is 0 Å². The normalized spacial score (nSPS) is 20.0. The number of allylic oxidation sites excluding steroid dienone is 2. The summed E-state index contributed by atoms with van der Waals surface area (Å²) in [6.45, 7) is 0.230. The summed E-state index contributed by atoms with van der Waals surface area (Å²) >= 11 is 6.22. The molecular weight excluding hydrogens is 340 g/mol. The Hall–Kier alpha value is -2.54. The Kier molecular flexibility index (Phi) is 4.31. The summed E-state index contributed by atoms with van der Waals surface area (Å²) in [5, 5.41) is 7.73. The minimum Gasteiger partial charge on any atom is -0.345 e. The summed E-state index contributed by atoms with van der Waals surface area (Å²) in [5.74, 6) is 1.86. The van der Waals surface area contributed by atoms with Crippen molar-refractivity contribution in [3.05, 3.63) is 53.4 Å². The van der Waals surface area contributed by atoms with Gasteiger partial charge in [0.15, 0.2) is 5.82 Å². The molecule has 0 aromatic carbocycles. The molecule has 2 aliphatic carbocycles. The molecular formula is C17H17ClN6O. The number of nitrogens with zero attached hydrogens (tertiary/aromatic N) is 5. The molecule has 128 valence electrons. The van der Waals surface area contributed by atoms with E-state index in [1.54, 1.807) is 24.5 Å². The van der Waals surface area contributed by atoms with Gasteiger partial charge in [-0.1, -0.05) is 17.7 Å². The predicted molar refractivity (Wildman–Crippen MR) is 91.6 cm³/mol. The molecule has 2 aromatic rings. The van der Waals surface area contributed by atoms with Gasteiger partial charge >= 0.3 is 0 Å². The van der Waals surface area contributed by atoms with Crippen LogP contribution in [-0.2, 0) is 11.3 Å². The fraction of sp³-hybridized carbons (Fsp3) is 0.353. The van der Waals surface area contributed by atoms with Gasteiger partial charge in [0.05, 0.1) is 6.54 Å². The number of carbonyl (C=O) groups excluding carboxylic acids is 1. The zero-order valence-electron chi connectivity index (χ0n) is 13.5. The van der Waals surface area contributed by atoms with Gasteiger partial charge < -0.3 is 5.32 Å². The van der Waals surface area contributed by atoms with Gasteiger partial charge in [0.1, 0.15) is 6.33 Å². The highest BCUT2D eigenvalue weighted by Gasteiger charge is 2.32. The first-order valence-electron chi connectivity index (χ1n) is 8.23. The Morgan fingerprint density at radius 3 is 2.84 bits per heavy atom. The second kappa shape index (κ2) is 6.76. The van der Waals surface area contributed by atoms with Gasteiger partial charge in [-0.2, -0.15) is 9.78 Å². The monoisotopic (exact) mass is 356 g/mol. The minimum atomic E-state index is -0.160. The van der Waals surface area contributed by atoms with Crippen LogP contribution in [0.25, 0.3) is 5.95 Å². The average Bonchev–Trinajstić information content (AvgIpc) is 3.38. The standard InChI is InChI=1S/C17H17ClN6O/c18-14-7-12(11-2-3-11)6-13(8-14)16(25)21-9-15-22-10-23-24(15)17-19-4-1-5-20-17/h1,4-6,8,10-12H,2-3,7,9H2,(H,21,25). The maximum absolute atomic E-state index is 12.5. The van der Waals surface area contributed by atoms with Gasteiger partial charge in [0.25, 0.3) is 11.9 Å². The number of aromatic nitrogens is 5. The van der Waals surface area contributed by atoms with Crippen molar-refractivity contribution in [3.63, 3.8) is 0 Å². The summed E-state index contributed by atoms with van der Waals surface area (Å²) in [6, 6.07) is 1.73. The second-order valence-electron chi connectivity index (χ2n) is 6.24. The fourth-order valence-electron chi connectivity index (χ4n) is 2.97. The molecule has 1 unspecified atom stereocenters. The first-order valence-corrected chi connectivity index (χ1v) is 8.61.